The summed E-state index contributed by atoms with van der Waals surface area (Å²) in [5.41, 5.74) is 0.805. The van der Waals surface area contributed by atoms with Crippen LogP contribution >= 0.6 is 15.9 Å². The molecule has 0 heterocycles. The number of nitrogens with one attached hydrogen (secondary N) is 1. The van der Waals surface area contributed by atoms with E-state index in [1.54, 1.807) is 6.07 Å². The molecule has 1 aliphatic carbocycles. The van der Waals surface area contributed by atoms with Crippen LogP contribution in [0.1, 0.15) is 25.3 Å². The van der Waals surface area contributed by atoms with Crippen molar-refractivity contribution in [3.8, 4) is 0 Å². The second kappa shape index (κ2) is 5.28. The summed E-state index contributed by atoms with van der Waals surface area (Å²) < 4.78 is 14.3. The summed E-state index contributed by atoms with van der Waals surface area (Å²) in [6, 6.07) is 6.23. The molecule has 0 saturated heterocycles. The minimum atomic E-state index is -0.110. The minimum absolute atomic E-state index is 0.110. The molecule has 1 N–H and O–H groups in total. The van der Waals surface area contributed by atoms with Crippen LogP contribution in [0.15, 0.2) is 22.7 Å². The Morgan fingerprint density at radius 2 is 2.25 bits per heavy atom. The Morgan fingerprint density at radius 1 is 1.50 bits per heavy atom. The molecule has 0 radical (unpaired) electrons. The molecule has 1 aromatic carbocycles. The van der Waals surface area contributed by atoms with Crippen molar-refractivity contribution in [2.75, 3.05) is 6.54 Å². The van der Waals surface area contributed by atoms with E-state index >= 15 is 0 Å². The highest BCUT2D eigenvalue weighted by Gasteiger charge is 2.21. The Balaban J connectivity index is 1.88. The van der Waals surface area contributed by atoms with Gasteiger partial charge in [-0.05, 0) is 59.3 Å². The summed E-state index contributed by atoms with van der Waals surface area (Å²) in [6.45, 7) is 3.15. The van der Waals surface area contributed by atoms with Crippen molar-refractivity contribution in [2.45, 2.75) is 32.2 Å². The van der Waals surface area contributed by atoms with Crippen LogP contribution in [0, 0.1) is 11.7 Å². The lowest BCUT2D eigenvalue weighted by molar-refractivity contribution is 0.494. The number of benzene rings is 1. The van der Waals surface area contributed by atoms with Crippen LogP contribution in [-0.2, 0) is 6.42 Å². The smallest absolute Gasteiger partial charge is 0.140 e. The standard InChI is InChI=1S/C13H17BrFN/c1-9(8-16-11-5-6-11)7-10-3-2-4-12(14)13(10)15/h2-4,9,11,16H,5-8H2,1H3. The second-order valence-electron chi connectivity index (χ2n) is 4.70. The lowest BCUT2D eigenvalue weighted by atomic mass is 10.0. The maximum Gasteiger partial charge on any atom is 0.140 e. The van der Waals surface area contributed by atoms with Gasteiger partial charge >= 0.3 is 0 Å². The zero-order valence-electron chi connectivity index (χ0n) is 9.47. The molecule has 0 bridgehead atoms. The van der Waals surface area contributed by atoms with Crippen molar-refractivity contribution in [1.82, 2.24) is 5.32 Å². The minimum Gasteiger partial charge on any atom is -0.314 e. The van der Waals surface area contributed by atoms with Gasteiger partial charge in [-0.15, -0.1) is 0 Å². The molecule has 1 aliphatic rings. The zero-order valence-corrected chi connectivity index (χ0v) is 11.1. The number of hydrogen-bond acceptors (Lipinski definition) is 1. The van der Waals surface area contributed by atoms with Crippen LogP contribution in [0.3, 0.4) is 0 Å². The van der Waals surface area contributed by atoms with E-state index in [0.717, 1.165) is 24.6 Å². The number of halogens is 2. The maximum atomic E-state index is 13.7. The van der Waals surface area contributed by atoms with Crippen LogP contribution in [0.2, 0.25) is 0 Å². The summed E-state index contributed by atoms with van der Waals surface area (Å²) >= 11 is 3.22. The van der Waals surface area contributed by atoms with E-state index in [4.69, 9.17) is 0 Å². The summed E-state index contributed by atoms with van der Waals surface area (Å²) in [4.78, 5) is 0. The first-order valence-corrected chi connectivity index (χ1v) is 6.62. The Labute approximate surface area is 105 Å². The van der Waals surface area contributed by atoms with E-state index < -0.39 is 0 Å². The number of hydrogen-bond donors (Lipinski definition) is 1. The predicted molar refractivity (Wildman–Crippen MR) is 68.0 cm³/mol. The van der Waals surface area contributed by atoms with Gasteiger partial charge in [-0.1, -0.05) is 19.1 Å². The molecule has 3 heteroatoms. The van der Waals surface area contributed by atoms with Crippen molar-refractivity contribution in [1.29, 1.82) is 0 Å². The molecule has 2 rings (SSSR count). The van der Waals surface area contributed by atoms with Crippen molar-refractivity contribution >= 4 is 15.9 Å². The van der Waals surface area contributed by atoms with Crippen LogP contribution in [0.25, 0.3) is 0 Å². The van der Waals surface area contributed by atoms with Gasteiger partial charge < -0.3 is 5.32 Å². The van der Waals surface area contributed by atoms with Gasteiger partial charge in [-0.25, -0.2) is 4.39 Å². The zero-order chi connectivity index (χ0) is 11.5. The molecule has 1 atom stereocenters. The lowest BCUT2D eigenvalue weighted by Gasteiger charge is -2.13. The first-order valence-electron chi connectivity index (χ1n) is 5.83. The predicted octanol–water partition coefficient (Wildman–Crippen LogP) is 3.52. The molecule has 1 fully saturated rings. The highest BCUT2D eigenvalue weighted by atomic mass is 79.9. The van der Waals surface area contributed by atoms with Gasteiger partial charge in [-0.2, -0.15) is 0 Å². The number of rotatable bonds is 5. The van der Waals surface area contributed by atoms with Gasteiger partial charge in [0.15, 0.2) is 0 Å². The quantitative estimate of drug-likeness (QED) is 0.873. The normalized spacial score (nSPS) is 17.4. The third-order valence-electron chi connectivity index (χ3n) is 2.93. The van der Waals surface area contributed by atoms with Gasteiger partial charge in [0, 0.05) is 6.04 Å². The van der Waals surface area contributed by atoms with Crippen molar-refractivity contribution in [2.24, 2.45) is 5.92 Å². The Hall–Kier alpha value is -0.410. The van der Waals surface area contributed by atoms with E-state index in [2.05, 4.69) is 28.2 Å². The monoisotopic (exact) mass is 285 g/mol. The summed E-state index contributed by atoms with van der Waals surface area (Å²) in [5.74, 6) is 0.366. The molecule has 1 nitrogen and oxygen atoms in total. The molecular formula is C13H17BrFN. The molecule has 88 valence electrons. The van der Waals surface area contributed by atoms with Crippen LogP contribution < -0.4 is 5.32 Å². The topological polar surface area (TPSA) is 12.0 Å². The van der Waals surface area contributed by atoms with Crippen LogP contribution in [-0.4, -0.2) is 12.6 Å². The molecular weight excluding hydrogens is 269 g/mol. The highest BCUT2D eigenvalue weighted by Crippen LogP contribution is 2.22. The fraction of sp³-hybridized carbons (Fsp3) is 0.538. The van der Waals surface area contributed by atoms with Crippen LogP contribution in [0.4, 0.5) is 4.39 Å². The van der Waals surface area contributed by atoms with Crippen molar-refractivity contribution in [3.05, 3.63) is 34.1 Å². The molecule has 1 aromatic rings. The summed E-state index contributed by atoms with van der Waals surface area (Å²) in [7, 11) is 0. The molecule has 0 spiro atoms. The van der Waals surface area contributed by atoms with Gasteiger partial charge in [0.1, 0.15) is 5.82 Å². The van der Waals surface area contributed by atoms with E-state index in [-0.39, 0.29) is 5.82 Å². The first-order chi connectivity index (χ1) is 7.66. The van der Waals surface area contributed by atoms with Gasteiger partial charge in [-0.3, -0.25) is 0 Å². The molecule has 1 unspecified atom stereocenters. The van der Waals surface area contributed by atoms with E-state index in [1.165, 1.54) is 12.8 Å². The van der Waals surface area contributed by atoms with Gasteiger partial charge in [0.05, 0.1) is 4.47 Å². The molecule has 0 aliphatic heterocycles. The second-order valence-corrected chi connectivity index (χ2v) is 5.56. The first kappa shape index (κ1) is 12.1. The average molecular weight is 286 g/mol. The van der Waals surface area contributed by atoms with E-state index in [1.807, 2.05) is 12.1 Å². The fourth-order valence-corrected chi connectivity index (χ4v) is 2.22. The third-order valence-corrected chi connectivity index (χ3v) is 3.54. The highest BCUT2D eigenvalue weighted by molar-refractivity contribution is 9.10. The summed E-state index contributed by atoms with van der Waals surface area (Å²) in [6.07, 6.45) is 3.40. The van der Waals surface area contributed by atoms with Crippen LogP contribution in [0.5, 0.6) is 0 Å². The average Bonchev–Trinajstić information content (AvgIpc) is 3.06. The van der Waals surface area contributed by atoms with Crippen molar-refractivity contribution in [3.63, 3.8) is 0 Å². The Kier molecular flexibility index (Phi) is 3.98. The Bertz CT molecular complexity index is 363. The molecule has 0 aromatic heterocycles. The fourth-order valence-electron chi connectivity index (χ4n) is 1.81. The van der Waals surface area contributed by atoms with E-state index in [9.17, 15) is 4.39 Å². The summed E-state index contributed by atoms with van der Waals surface area (Å²) in [5, 5.41) is 3.48. The molecule has 1 saturated carbocycles. The Morgan fingerprint density at radius 3 is 2.94 bits per heavy atom. The third kappa shape index (κ3) is 3.29. The van der Waals surface area contributed by atoms with Gasteiger partial charge in [0.2, 0.25) is 0 Å². The van der Waals surface area contributed by atoms with Crippen molar-refractivity contribution < 1.29 is 4.39 Å². The maximum absolute atomic E-state index is 13.7. The van der Waals surface area contributed by atoms with E-state index in [0.29, 0.717) is 10.4 Å². The van der Waals surface area contributed by atoms with Gasteiger partial charge in [0.25, 0.3) is 0 Å². The largest absolute Gasteiger partial charge is 0.314 e. The SMILES string of the molecule is CC(CNC1CC1)Cc1cccc(Br)c1F. The molecule has 0 amide bonds. The molecule has 16 heavy (non-hydrogen) atoms. The lowest BCUT2D eigenvalue weighted by Crippen LogP contribution is -2.24.